The van der Waals surface area contributed by atoms with Gasteiger partial charge in [-0.2, -0.15) is 0 Å². The molecule has 3 nitrogen and oxygen atoms in total. The highest BCUT2D eigenvalue weighted by Gasteiger charge is 2.04. The minimum Gasteiger partial charge on any atom is -0.487 e. The molecule has 0 amide bonds. The molecular weight excluding hydrogens is 224 g/mol. The highest BCUT2D eigenvalue weighted by molar-refractivity contribution is 6.32. The first-order chi connectivity index (χ1) is 7.77. The van der Waals surface area contributed by atoms with Gasteiger partial charge in [-0.3, -0.25) is 0 Å². The van der Waals surface area contributed by atoms with Gasteiger partial charge in [0.1, 0.15) is 18.0 Å². The summed E-state index contributed by atoms with van der Waals surface area (Å²) in [5.74, 6) is 0.559. The summed E-state index contributed by atoms with van der Waals surface area (Å²) in [5, 5.41) is 0.269. The van der Waals surface area contributed by atoms with Gasteiger partial charge in [0.15, 0.2) is 5.15 Å². The van der Waals surface area contributed by atoms with Crippen LogP contribution in [0.15, 0.2) is 42.6 Å². The molecule has 0 saturated heterocycles. The molecule has 4 heteroatoms. The van der Waals surface area contributed by atoms with E-state index in [1.165, 1.54) is 0 Å². The Labute approximate surface area is 98.8 Å². The lowest BCUT2D eigenvalue weighted by Crippen LogP contribution is -1.99. The molecule has 1 aromatic carbocycles. The fourth-order valence-electron chi connectivity index (χ4n) is 1.29. The number of benzene rings is 1. The molecule has 0 atom stereocenters. The van der Waals surface area contributed by atoms with Crippen LogP contribution in [0.3, 0.4) is 0 Å². The summed E-state index contributed by atoms with van der Waals surface area (Å²) >= 11 is 5.78. The van der Waals surface area contributed by atoms with Crippen LogP contribution < -0.4 is 10.5 Å². The van der Waals surface area contributed by atoms with E-state index in [4.69, 9.17) is 22.1 Å². The van der Waals surface area contributed by atoms with Crippen LogP contribution in [0.5, 0.6) is 5.75 Å². The molecule has 0 radical (unpaired) electrons. The molecule has 0 bridgehead atoms. The number of pyridine rings is 1. The lowest BCUT2D eigenvalue weighted by molar-refractivity contribution is 0.307. The monoisotopic (exact) mass is 234 g/mol. The van der Waals surface area contributed by atoms with Gasteiger partial charge in [-0.25, -0.2) is 4.98 Å². The summed E-state index contributed by atoms with van der Waals surface area (Å²) in [6.07, 6.45) is 1.57. The van der Waals surface area contributed by atoms with Crippen molar-refractivity contribution in [3.8, 4) is 5.75 Å². The summed E-state index contributed by atoms with van der Waals surface area (Å²) < 4.78 is 5.55. The summed E-state index contributed by atoms with van der Waals surface area (Å²) in [5.41, 5.74) is 7.18. The molecule has 0 spiro atoms. The molecular formula is C12H11ClN2O. The number of nitrogen functional groups attached to an aromatic ring is 1. The molecule has 0 aliphatic rings. The molecule has 0 saturated carbocycles. The Balaban J connectivity index is 2.08. The van der Waals surface area contributed by atoms with Crippen molar-refractivity contribution in [2.45, 2.75) is 6.61 Å². The van der Waals surface area contributed by atoms with E-state index in [0.717, 1.165) is 5.56 Å². The second kappa shape index (κ2) is 4.86. The van der Waals surface area contributed by atoms with Crippen molar-refractivity contribution in [1.82, 2.24) is 4.98 Å². The molecule has 2 N–H and O–H groups in total. The first-order valence-corrected chi connectivity index (χ1v) is 5.22. The van der Waals surface area contributed by atoms with Crippen LogP contribution in [0.25, 0.3) is 0 Å². The molecule has 0 unspecified atom stereocenters. The van der Waals surface area contributed by atoms with Gasteiger partial charge in [-0.15, -0.1) is 0 Å². The van der Waals surface area contributed by atoms with Crippen molar-refractivity contribution in [3.05, 3.63) is 53.3 Å². The van der Waals surface area contributed by atoms with Gasteiger partial charge in [0.25, 0.3) is 0 Å². The van der Waals surface area contributed by atoms with Crippen LogP contribution >= 0.6 is 11.6 Å². The zero-order valence-electron chi connectivity index (χ0n) is 8.56. The number of rotatable bonds is 3. The van der Waals surface area contributed by atoms with Gasteiger partial charge in [0.2, 0.25) is 0 Å². The Hall–Kier alpha value is -1.74. The fourth-order valence-corrected chi connectivity index (χ4v) is 1.44. The van der Waals surface area contributed by atoms with Crippen molar-refractivity contribution in [2.75, 3.05) is 5.73 Å². The maximum absolute atomic E-state index is 5.78. The van der Waals surface area contributed by atoms with E-state index in [-0.39, 0.29) is 5.15 Å². The molecule has 0 aliphatic heterocycles. The number of anilines is 1. The minimum absolute atomic E-state index is 0.269. The first kappa shape index (κ1) is 10.8. The molecule has 1 heterocycles. The molecule has 0 aliphatic carbocycles. The third kappa shape index (κ3) is 2.44. The second-order valence-electron chi connectivity index (χ2n) is 3.29. The first-order valence-electron chi connectivity index (χ1n) is 4.84. The van der Waals surface area contributed by atoms with Crippen molar-refractivity contribution < 1.29 is 4.74 Å². The summed E-state index contributed by atoms with van der Waals surface area (Å²) in [4.78, 5) is 3.85. The molecule has 0 fully saturated rings. The molecule has 16 heavy (non-hydrogen) atoms. The Kier molecular flexibility index (Phi) is 3.27. The number of nitrogens with two attached hydrogens (primary N) is 1. The van der Waals surface area contributed by atoms with Crippen LogP contribution in [0.4, 0.5) is 5.69 Å². The smallest absolute Gasteiger partial charge is 0.155 e. The minimum atomic E-state index is 0.269. The molecule has 1 aromatic heterocycles. The predicted molar refractivity (Wildman–Crippen MR) is 64.4 cm³/mol. The topological polar surface area (TPSA) is 48.1 Å². The predicted octanol–water partition coefficient (Wildman–Crippen LogP) is 2.90. The number of hydrogen-bond acceptors (Lipinski definition) is 3. The van der Waals surface area contributed by atoms with Gasteiger partial charge >= 0.3 is 0 Å². The van der Waals surface area contributed by atoms with Crippen molar-refractivity contribution in [2.24, 2.45) is 0 Å². The van der Waals surface area contributed by atoms with E-state index in [1.54, 1.807) is 12.3 Å². The largest absolute Gasteiger partial charge is 0.487 e. The third-order valence-electron chi connectivity index (χ3n) is 2.14. The molecule has 2 rings (SSSR count). The Morgan fingerprint density at radius 3 is 2.69 bits per heavy atom. The van der Waals surface area contributed by atoms with Gasteiger partial charge < -0.3 is 10.5 Å². The van der Waals surface area contributed by atoms with Crippen molar-refractivity contribution >= 4 is 17.3 Å². The second-order valence-corrected chi connectivity index (χ2v) is 3.65. The summed E-state index contributed by atoms with van der Waals surface area (Å²) in [7, 11) is 0. The highest BCUT2D eigenvalue weighted by atomic mass is 35.5. The molecule has 82 valence electrons. The lowest BCUT2D eigenvalue weighted by atomic mass is 10.2. The van der Waals surface area contributed by atoms with Gasteiger partial charge in [-0.05, 0) is 5.56 Å². The highest BCUT2D eigenvalue weighted by Crippen LogP contribution is 2.27. The zero-order valence-corrected chi connectivity index (χ0v) is 9.32. The van der Waals surface area contributed by atoms with Crippen LogP contribution in [0.2, 0.25) is 5.15 Å². The number of hydrogen-bond donors (Lipinski definition) is 1. The van der Waals surface area contributed by atoms with Crippen LogP contribution in [-0.2, 0) is 6.61 Å². The summed E-state index contributed by atoms with van der Waals surface area (Å²) in [6, 6.07) is 11.5. The van der Waals surface area contributed by atoms with Gasteiger partial charge in [0, 0.05) is 12.3 Å². The SMILES string of the molecule is Nc1c(OCc2ccccc2)ccnc1Cl. The number of nitrogens with zero attached hydrogens (tertiary/aromatic N) is 1. The van der Waals surface area contributed by atoms with E-state index in [1.807, 2.05) is 30.3 Å². The Morgan fingerprint density at radius 1 is 1.19 bits per heavy atom. The quantitative estimate of drug-likeness (QED) is 0.831. The average Bonchev–Trinajstić information content (AvgIpc) is 2.32. The van der Waals surface area contributed by atoms with Crippen LogP contribution in [0.1, 0.15) is 5.56 Å². The van der Waals surface area contributed by atoms with E-state index in [0.29, 0.717) is 18.0 Å². The van der Waals surface area contributed by atoms with E-state index in [9.17, 15) is 0 Å². The van der Waals surface area contributed by atoms with E-state index >= 15 is 0 Å². The van der Waals surface area contributed by atoms with E-state index in [2.05, 4.69) is 4.98 Å². The van der Waals surface area contributed by atoms with Gasteiger partial charge in [0.05, 0.1) is 0 Å². The Bertz CT molecular complexity index is 474. The maximum atomic E-state index is 5.78. The van der Waals surface area contributed by atoms with Gasteiger partial charge in [-0.1, -0.05) is 41.9 Å². The summed E-state index contributed by atoms with van der Waals surface area (Å²) in [6.45, 7) is 0.464. The zero-order chi connectivity index (χ0) is 11.4. The van der Waals surface area contributed by atoms with Crippen LogP contribution in [-0.4, -0.2) is 4.98 Å². The number of halogens is 1. The van der Waals surface area contributed by atoms with Crippen molar-refractivity contribution in [1.29, 1.82) is 0 Å². The third-order valence-corrected chi connectivity index (χ3v) is 2.44. The number of ether oxygens (including phenoxy) is 1. The normalized spacial score (nSPS) is 10.1. The fraction of sp³-hybridized carbons (Fsp3) is 0.0833. The average molecular weight is 235 g/mol. The Morgan fingerprint density at radius 2 is 1.94 bits per heavy atom. The number of aromatic nitrogens is 1. The maximum Gasteiger partial charge on any atom is 0.155 e. The van der Waals surface area contributed by atoms with Crippen molar-refractivity contribution in [3.63, 3.8) is 0 Å². The van der Waals surface area contributed by atoms with E-state index < -0.39 is 0 Å². The standard InChI is InChI=1S/C12H11ClN2O/c13-12-11(14)10(6-7-15-12)16-8-9-4-2-1-3-5-9/h1-7H,8,14H2. The molecule has 2 aromatic rings. The lowest BCUT2D eigenvalue weighted by Gasteiger charge is -2.08. The van der Waals surface area contributed by atoms with Crippen LogP contribution in [0, 0.1) is 0 Å².